The molecule has 0 aliphatic rings. The first-order valence-electron chi connectivity index (χ1n) is 8.17. The van der Waals surface area contributed by atoms with Crippen molar-refractivity contribution in [1.82, 2.24) is 19.3 Å². The number of sulfonamides is 1. The van der Waals surface area contributed by atoms with Crippen LogP contribution in [0.4, 0.5) is 0 Å². The number of benzene rings is 2. The lowest BCUT2D eigenvalue weighted by atomic mass is 10.1. The highest BCUT2D eigenvalue weighted by Crippen LogP contribution is 2.22. The van der Waals surface area contributed by atoms with Gasteiger partial charge in [-0.05, 0) is 35.9 Å². The molecule has 27 heavy (non-hydrogen) atoms. The van der Waals surface area contributed by atoms with E-state index in [0.29, 0.717) is 0 Å². The number of aromatic nitrogens is 3. The highest BCUT2D eigenvalue weighted by atomic mass is 35.5. The lowest BCUT2D eigenvalue weighted by molar-refractivity contribution is 0.581. The molecule has 0 fully saturated rings. The molecule has 0 saturated heterocycles. The molecule has 0 unspecified atom stereocenters. The second-order valence-corrected chi connectivity index (χ2v) is 8.05. The first-order chi connectivity index (χ1) is 13.0. The van der Waals surface area contributed by atoms with E-state index in [1.54, 1.807) is 28.9 Å². The van der Waals surface area contributed by atoms with Gasteiger partial charge in [0.05, 0.1) is 16.9 Å². The first-order valence-corrected chi connectivity index (χ1v) is 10.0. The molecule has 0 radical (unpaired) electrons. The van der Waals surface area contributed by atoms with Gasteiger partial charge in [0.25, 0.3) is 0 Å². The maximum absolute atomic E-state index is 12.5. The number of halogens is 1. The lowest BCUT2D eigenvalue weighted by Crippen LogP contribution is -2.23. The number of nitrogens with one attached hydrogen (secondary N) is 1. The average molecular weight is 399 g/mol. The number of imidazole rings is 1. The molecular weight excluding hydrogens is 384 g/mol. The summed E-state index contributed by atoms with van der Waals surface area (Å²) in [7, 11) is -3.70. The van der Waals surface area contributed by atoms with Crippen LogP contribution in [0.25, 0.3) is 16.9 Å². The quantitative estimate of drug-likeness (QED) is 0.558. The van der Waals surface area contributed by atoms with Crippen molar-refractivity contribution >= 4 is 27.3 Å². The van der Waals surface area contributed by atoms with E-state index < -0.39 is 10.0 Å². The Labute approximate surface area is 161 Å². The minimum atomic E-state index is -3.70. The van der Waals surface area contributed by atoms with Crippen molar-refractivity contribution in [2.45, 2.75) is 11.4 Å². The van der Waals surface area contributed by atoms with Crippen LogP contribution in [0.1, 0.15) is 5.56 Å². The highest BCUT2D eigenvalue weighted by Gasteiger charge is 2.17. The summed E-state index contributed by atoms with van der Waals surface area (Å²) in [6.45, 7) is 0.146. The molecule has 136 valence electrons. The fourth-order valence-corrected chi connectivity index (χ4v) is 4.26. The van der Waals surface area contributed by atoms with E-state index in [4.69, 9.17) is 11.6 Å². The summed E-state index contributed by atoms with van der Waals surface area (Å²) in [6.07, 6.45) is 3.53. The third kappa shape index (κ3) is 3.71. The number of nitrogens with zero attached hydrogens (tertiary/aromatic N) is 3. The van der Waals surface area contributed by atoms with Crippen LogP contribution < -0.4 is 4.72 Å². The summed E-state index contributed by atoms with van der Waals surface area (Å²) in [4.78, 5) is 4.60. The highest BCUT2D eigenvalue weighted by molar-refractivity contribution is 7.89. The molecule has 4 aromatic rings. The molecule has 0 aliphatic carbocycles. The van der Waals surface area contributed by atoms with Crippen LogP contribution in [-0.4, -0.2) is 23.0 Å². The second kappa shape index (κ2) is 7.11. The van der Waals surface area contributed by atoms with Crippen molar-refractivity contribution in [3.8, 4) is 11.3 Å². The Kier molecular flexibility index (Phi) is 4.65. The predicted molar refractivity (Wildman–Crippen MR) is 104 cm³/mol. The fraction of sp³-hybridized carbons (Fsp3) is 0.0526. The Hall–Kier alpha value is -2.74. The minimum absolute atomic E-state index is 0.0641. The van der Waals surface area contributed by atoms with Crippen molar-refractivity contribution in [3.05, 3.63) is 83.6 Å². The van der Waals surface area contributed by atoms with Crippen LogP contribution in [0, 0.1) is 0 Å². The van der Waals surface area contributed by atoms with Crippen molar-refractivity contribution in [1.29, 1.82) is 0 Å². The van der Waals surface area contributed by atoms with Gasteiger partial charge in [-0.15, -0.1) is 0 Å². The molecule has 0 aliphatic heterocycles. The average Bonchev–Trinajstić information content (AvgIpc) is 3.11. The third-order valence-electron chi connectivity index (χ3n) is 4.05. The monoisotopic (exact) mass is 398 g/mol. The molecule has 8 heteroatoms. The normalized spacial score (nSPS) is 11.7. The molecule has 0 atom stereocenters. The smallest absolute Gasteiger partial charge is 0.227 e. The zero-order chi connectivity index (χ0) is 18.9. The zero-order valence-electron chi connectivity index (χ0n) is 14.1. The van der Waals surface area contributed by atoms with Gasteiger partial charge in [0.15, 0.2) is 5.65 Å². The molecule has 0 spiro atoms. The molecule has 1 N–H and O–H groups in total. The van der Waals surface area contributed by atoms with Gasteiger partial charge in [-0.25, -0.2) is 22.6 Å². The van der Waals surface area contributed by atoms with E-state index in [1.807, 2.05) is 42.6 Å². The van der Waals surface area contributed by atoms with Crippen LogP contribution in [0.15, 0.2) is 78.0 Å². The van der Waals surface area contributed by atoms with Gasteiger partial charge in [-0.2, -0.15) is 5.10 Å². The van der Waals surface area contributed by atoms with Gasteiger partial charge < -0.3 is 0 Å². The van der Waals surface area contributed by atoms with Crippen LogP contribution in [0.2, 0.25) is 5.02 Å². The first kappa shape index (κ1) is 17.7. The molecule has 0 amide bonds. The van der Waals surface area contributed by atoms with Crippen LogP contribution in [0.5, 0.6) is 0 Å². The van der Waals surface area contributed by atoms with Crippen LogP contribution in [-0.2, 0) is 16.6 Å². The lowest BCUT2D eigenvalue weighted by Gasteiger charge is -2.09. The molecule has 2 aromatic carbocycles. The van der Waals surface area contributed by atoms with E-state index in [0.717, 1.165) is 22.5 Å². The maximum atomic E-state index is 12.5. The molecule has 0 saturated carbocycles. The third-order valence-corrected chi connectivity index (χ3v) is 5.95. The molecule has 2 heterocycles. The Morgan fingerprint density at radius 1 is 1.04 bits per heavy atom. The fourth-order valence-electron chi connectivity index (χ4n) is 2.73. The Morgan fingerprint density at radius 3 is 2.70 bits per heavy atom. The summed E-state index contributed by atoms with van der Waals surface area (Å²) in [5.74, 6) is 0. The molecule has 6 nitrogen and oxygen atoms in total. The van der Waals surface area contributed by atoms with Crippen molar-refractivity contribution < 1.29 is 8.42 Å². The summed E-state index contributed by atoms with van der Waals surface area (Å²) in [6, 6.07) is 17.6. The van der Waals surface area contributed by atoms with Crippen molar-refractivity contribution in [2.24, 2.45) is 0 Å². The Morgan fingerprint density at radius 2 is 1.89 bits per heavy atom. The summed E-state index contributed by atoms with van der Waals surface area (Å²) < 4.78 is 29.2. The topological polar surface area (TPSA) is 76.4 Å². The van der Waals surface area contributed by atoms with Gasteiger partial charge in [-0.1, -0.05) is 41.9 Å². The van der Waals surface area contributed by atoms with E-state index in [2.05, 4.69) is 14.8 Å². The second-order valence-electron chi connectivity index (χ2n) is 5.91. The molecule has 2 aromatic heterocycles. The molecule has 4 rings (SSSR count). The van der Waals surface area contributed by atoms with Gasteiger partial charge in [0.2, 0.25) is 10.0 Å². The van der Waals surface area contributed by atoms with E-state index in [9.17, 15) is 8.42 Å². The molecular formula is C19H15ClN4O2S. The standard InChI is InChI=1S/C19H15ClN4O2S/c20-16-7-1-2-8-18(16)27(25,26)22-12-14-5-3-6-15(11-14)17-13-24-19(23-17)9-4-10-21-24/h1-11,13,22H,12H2. The number of rotatable bonds is 5. The van der Waals surface area contributed by atoms with E-state index in [1.165, 1.54) is 6.07 Å². The van der Waals surface area contributed by atoms with Crippen LogP contribution in [0.3, 0.4) is 0 Å². The summed E-state index contributed by atoms with van der Waals surface area (Å²) >= 11 is 6.00. The SMILES string of the molecule is O=S(=O)(NCc1cccc(-c2cn3ncccc3n2)c1)c1ccccc1Cl. The maximum Gasteiger partial charge on any atom is 0.242 e. The van der Waals surface area contributed by atoms with Crippen LogP contribution >= 0.6 is 11.6 Å². The predicted octanol–water partition coefficient (Wildman–Crippen LogP) is 3.53. The van der Waals surface area contributed by atoms with E-state index in [-0.39, 0.29) is 16.5 Å². The number of hydrogen-bond acceptors (Lipinski definition) is 4. The van der Waals surface area contributed by atoms with E-state index >= 15 is 0 Å². The van der Waals surface area contributed by atoms with Gasteiger partial charge in [-0.3, -0.25) is 0 Å². The van der Waals surface area contributed by atoms with Gasteiger partial charge >= 0.3 is 0 Å². The summed E-state index contributed by atoms with van der Waals surface area (Å²) in [5.41, 5.74) is 3.21. The minimum Gasteiger partial charge on any atom is -0.227 e. The Balaban J connectivity index is 1.57. The van der Waals surface area contributed by atoms with Gasteiger partial charge in [0.1, 0.15) is 4.90 Å². The van der Waals surface area contributed by atoms with Gasteiger partial charge in [0, 0.05) is 18.3 Å². The summed E-state index contributed by atoms with van der Waals surface area (Å²) in [5, 5.41) is 4.40. The largest absolute Gasteiger partial charge is 0.242 e. The molecule has 0 bridgehead atoms. The number of hydrogen-bond donors (Lipinski definition) is 1. The van der Waals surface area contributed by atoms with Crippen molar-refractivity contribution in [2.75, 3.05) is 0 Å². The van der Waals surface area contributed by atoms with Crippen molar-refractivity contribution in [3.63, 3.8) is 0 Å². The zero-order valence-corrected chi connectivity index (χ0v) is 15.7. The Bertz CT molecular complexity index is 1190. The number of fused-ring (bicyclic) bond motifs is 1.